The molecular formula is C18H22N2O2S. The molecular weight excluding hydrogens is 308 g/mol. The number of likely N-dealkylation sites (N-methyl/N-ethyl adjacent to an activating group) is 1. The molecule has 2 rings (SSSR count). The number of hydrogen-bond donors (Lipinski definition) is 2. The van der Waals surface area contributed by atoms with Crippen molar-refractivity contribution < 1.29 is 9.90 Å². The van der Waals surface area contributed by atoms with E-state index >= 15 is 0 Å². The molecule has 0 heterocycles. The third-order valence-electron chi connectivity index (χ3n) is 3.53. The molecule has 2 N–H and O–H groups in total. The van der Waals surface area contributed by atoms with E-state index in [0.29, 0.717) is 12.1 Å². The Kier molecular flexibility index (Phi) is 6.50. The molecule has 0 aliphatic rings. The van der Waals surface area contributed by atoms with Crippen LogP contribution in [0.25, 0.3) is 0 Å². The zero-order chi connectivity index (χ0) is 16.7. The molecule has 1 atom stereocenters. The molecule has 5 heteroatoms. The Morgan fingerprint density at radius 1 is 1.17 bits per heavy atom. The number of aliphatic hydroxyl groups excluding tert-OH is 1. The number of hydrogen-bond acceptors (Lipinski definition) is 4. The summed E-state index contributed by atoms with van der Waals surface area (Å²) in [6.07, 6.45) is 1.41. The maximum absolute atomic E-state index is 11.9. The standard InChI is InChI=1S/C18H22N2O2S/c1-20(15-8-10-17(23-2)11-9-15)13-16(21)12-19-18(22)14-6-4-3-5-7-14/h3-11,16,21H,12-13H2,1-2H3,(H,19,22). The molecule has 23 heavy (non-hydrogen) atoms. The van der Waals surface area contributed by atoms with Crippen molar-refractivity contribution in [1.29, 1.82) is 0 Å². The second-order valence-electron chi connectivity index (χ2n) is 5.31. The lowest BCUT2D eigenvalue weighted by atomic mass is 10.2. The average molecular weight is 330 g/mol. The summed E-state index contributed by atoms with van der Waals surface area (Å²) in [7, 11) is 1.93. The minimum atomic E-state index is -0.632. The number of nitrogens with zero attached hydrogens (tertiary/aromatic N) is 1. The number of thioether (sulfide) groups is 1. The highest BCUT2D eigenvalue weighted by Gasteiger charge is 2.11. The molecule has 0 saturated heterocycles. The molecule has 0 aliphatic heterocycles. The van der Waals surface area contributed by atoms with Crippen LogP contribution >= 0.6 is 11.8 Å². The van der Waals surface area contributed by atoms with E-state index in [-0.39, 0.29) is 12.5 Å². The molecule has 4 nitrogen and oxygen atoms in total. The Morgan fingerprint density at radius 2 is 1.83 bits per heavy atom. The van der Waals surface area contributed by atoms with Gasteiger partial charge in [-0.2, -0.15) is 0 Å². The molecule has 2 aromatic rings. The van der Waals surface area contributed by atoms with Crippen molar-refractivity contribution in [2.24, 2.45) is 0 Å². The lowest BCUT2D eigenvalue weighted by Crippen LogP contribution is -2.38. The van der Waals surface area contributed by atoms with Gasteiger partial charge in [0.2, 0.25) is 0 Å². The van der Waals surface area contributed by atoms with Crippen molar-refractivity contribution in [3.63, 3.8) is 0 Å². The van der Waals surface area contributed by atoms with Gasteiger partial charge < -0.3 is 15.3 Å². The molecule has 0 saturated carbocycles. The van der Waals surface area contributed by atoms with Gasteiger partial charge in [0, 0.05) is 36.3 Å². The number of carbonyl (C=O) groups excluding carboxylic acids is 1. The van der Waals surface area contributed by atoms with Crippen LogP contribution in [-0.4, -0.2) is 43.5 Å². The summed E-state index contributed by atoms with van der Waals surface area (Å²) in [5, 5.41) is 12.9. The van der Waals surface area contributed by atoms with Gasteiger partial charge in [-0.05, 0) is 42.7 Å². The van der Waals surface area contributed by atoms with Crippen LogP contribution in [0.15, 0.2) is 59.5 Å². The van der Waals surface area contributed by atoms with Crippen LogP contribution in [0.5, 0.6) is 0 Å². The monoisotopic (exact) mass is 330 g/mol. The van der Waals surface area contributed by atoms with Gasteiger partial charge >= 0.3 is 0 Å². The van der Waals surface area contributed by atoms with Crippen LogP contribution < -0.4 is 10.2 Å². The summed E-state index contributed by atoms with van der Waals surface area (Å²) in [6, 6.07) is 17.2. The topological polar surface area (TPSA) is 52.6 Å². The zero-order valence-corrected chi connectivity index (χ0v) is 14.2. The fraction of sp³-hybridized carbons (Fsp3) is 0.278. The Labute approximate surface area is 141 Å². The molecule has 0 aliphatic carbocycles. The van der Waals surface area contributed by atoms with E-state index in [4.69, 9.17) is 0 Å². The molecule has 0 aromatic heterocycles. The van der Waals surface area contributed by atoms with Gasteiger partial charge in [-0.3, -0.25) is 4.79 Å². The van der Waals surface area contributed by atoms with Crippen molar-refractivity contribution >= 4 is 23.4 Å². The first-order chi connectivity index (χ1) is 11.1. The van der Waals surface area contributed by atoms with E-state index in [1.165, 1.54) is 4.90 Å². The van der Waals surface area contributed by atoms with E-state index < -0.39 is 6.10 Å². The number of carbonyl (C=O) groups is 1. The van der Waals surface area contributed by atoms with Crippen molar-refractivity contribution in [2.75, 3.05) is 31.3 Å². The Bertz CT molecular complexity index is 617. The number of anilines is 1. The van der Waals surface area contributed by atoms with Gasteiger partial charge in [0.1, 0.15) is 0 Å². The van der Waals surface area contributed by atoms with Crippen molar-refractivity contribution in [1.82, 2.24) is 5.32 Å². The molecule has 1 unspecified atom stereocenters. The minimum Gasteiger partial charge on any atom is -0.389 e. The van der Waals surface area contributed by atoms with Gasteiger partial charge in [0.05, 0.1) is 6.10 Å². The van der Waals surface area contributed by atoms with Crippen LogP contribution in [0.3, 0.4) is 0 Å². The summed E-state index contributed by atoms with van der Waals surface area (Å²) in [4.78, 5) is 15.1. The Hall–Kier alpha value is -1.98. The summed E-state index contributed by atoms with van der Waals surface area (Å²) in [6.45, 7) is 0.675. The first-order valence-corrected chi connectivity index (χ1v) is 8.69. The van der Waals surface area contributed by atoms with Gasteiger partial charge in [-0.25, -0.2) is 0 Å². The normalized spacial score (nSPS) is 11.8. The molecule has 2 aromatic carbocycles. The zero-order valence-electron chi connectivity index (χ0n) is 13.4. The molecule has 1 amide bonds. The molecule has 122 valence electrons. The van der Waals surface area contributed by atoms with E-state index in [2.05, 4.69) is 17.4 Å². The summed E-state index contributed by atoms with van der Waals surface area (Å²) in [5.74, 6) is -0.170. The van der Waals surface area contributed by atoms with Gasteiger partial charge in [-0.15, -0.1) is 11.8 Å². The Morgan fingerprint density at radius 3 is 2.43 bits per heavy atom. The second-order valence-corrected chi connectivity index (χ2v) is 6.19. The van der Waals surface area contributed by atoms with E-state index in [0.717, 1.165) is 5.69 Å². The maximum Gasteiger partial charge on any atom is 0.251 e. The first-order valence-electron chi connectivity index (χ1n) is 7.46. The lowest BCUT2D eigenvalue weighted by molar-refractivity contribution is 0.0919. The smallest absolute Gasteiger partial charge is 0.251 e. The van der Waals surface area contributed by atoms with Crippen LogP contribution in [-0.2, 0) is 0 Å². The predicted octanol–water partition coefficient (Wildman–Crippen LogP) is 2.64. The summed E-state index contributed by atoms with van der Waals surface area (Å²) >= 11 is 1.70. The minimum absolute atomic E-state index is 0.170. The van der Waals surface area contributed by atoms with E-state index in [9.17, 15) is 9.90 Å². The average Bonchev–Trinajstić information content (AvgIpc) is 2.60. The number of aliphatic hydroxyl groups is 1. The number of rotatable bonds is 7. The van der Waals surface area contributed by atoms with Crippen molar-refractivity contribution in [3.8, 4) is 0 Å². The third-order valence-corrected chi connectivity index (χ3v) is 4.28. The van der Waals surface area contributed by atoms with Gasteiger partial charge in [0.25, 0.3) is 5.91 Å². The highest BCUT2D eigenvalue weighted by atomic mass is 32.2. The largest absolute Gasteiger partial charge is 0.389 e. The number of amides is 1. The molecule has 0 fully saturated rings. The quantitative estimate of drug-likeness (QED) is 0.766. The fourth-order valence-electron chi connectivity index (χ4n) is 2.22. The summed E-state index contributed by atoms with van der Waals surface area (Å²) < 4.78 is 0. The predicted molar refractivity (Wildman–Crippen MR) is 96.3 cm³/mol. The number of nitrogens with one attached hydrogen (secondary N) is 1. The number of benzene rings is 2. The SMILES string of the molecule is CSc1ccc(N(C)CC(O)CNC(=O)c2ccccc2)cc1. The van der Waals surface area contributed by atoms with Crippen LogP contribution in [0, 0.1) is 0 Å². The first kappa shape index (κ1) is 17.4. The summed E-state index contributed by atoms with van der Waals surface area (Å²) in [5.41, 5.74) is 1.64. The maximum atomic E-state index is 11.9. The molecule has 0 spiro atoms. The molecule has 0 bridgehead atoms. The van der Waals surface area contributed by atoms with Gasteiger partial charge in [-0.1, -0.05) is 18.2 Å². The highest BCUT2D eigenvalue weighted by molar-refractivity contribution is 7.98. The van der Waals surface area contributed by atoms with E-state index in [1.807, 2.05) is 48.5 Å². The lowest BCUT2D eigenvalue weighted by Gasteiger charge is -2.23. The second kappa shape index (κ2) is 8.60. The van der Waals surface area contributed by atoms with Crippen LogP contribution in [0.1, 0.15) is 10.4 Å². The van der Waals surface area contributed by atoms with Crippen molar-refractivity contribution in [3.05, 3.63) is 60.2 Å². The highest BCUT2D eigenvalue weighted by Crippen LogP contribution is 2.19. The van der Waals surface area contributed by atoms with Crippen molar-refractivity contribution in [2.45, 2.75) is 11.0 Å². The van der Waals surface area contributed by atoms with E-state index in [1.54, 1.807) is 23.9 Å². The molecule has 0 radical (unpaired) electrons. The fourth-order valence-corrected chi connectivity index (χ4v) is 2.63. The van der Waals surface area contributed by atoms with Crippen LogP contribution in [0.2, 0.25) is 0 Å². The van der Waals surface area contributed by atoms with Crippen LogP contribution in [0.4, 0.5) is 5.69 Å². The Balaban J connectivity index is 1.81. The third kappa shape index (κ3) is 5.30. The van der Waals surface area contributed by atoms with Gasteiger partial charge in [0.15, 0.2) is 0 Å².